The van der Waals surface area contributed by atoms with Gasteiger partial charge in [-0.25, -0.2) is 4.99 Å². The molecule has 0 aromatic heterocycles. The van der Waals surface area contributed by atoms with Gasteiger partial charge in [-0.2, -0.15) is 0 Å². The van der Waals surface area contributed by atoms with Crippen molar-refractivity contribution in [3.8, 4) is 0 Å². The first-order valence-corrected chi connectivity index (χ1v) is 7.22. The van der Waals surface area contributed by atoms with Gasteiger partial charge in [0.1, 0.15) is 29.7 Å². The third-order valence-electron chi connectivity index (χ3n) is 3.68. The molecule has 6 atom stereocenters. The zero-order valence-electron chi connectivity index (χ0n) is 10.9. The largest absolute Gasteiger partial charge is 0.394 e. The van der Waals surface area contributed by atoms with E-state index in [1.807, 2.05) is 0 Å². The molecule has 2 fully saturated rings. The molecule has 3 unspecified atom stereocenters. The number of ether oxygens (including phenoxy) is 1. The molecule has 0 saturated carbocycles. The predicted octanol–water partition coefficient (Wildman–Crippen LogP) is -2.92. The normalized spacial score (nSPS) is 42.8. The molecule has 0 aromatic rings. The maximum Gasteiger partial charge on any atom is 0.244 e. The van der Waals surface area contributed by atoms with Crippen molar-refractivity contribution in [3.05, 3.63) is 11.6 Å². The van der Waals surface area contributed by atoms with Gasteiger partial charge >= 0.3 is 0 Å². The molecule has 0 bridgehead atoms. The highest BCUT2D eigenvalue weighted by molar-refractivity contribution is 8.04. The average molecular weight is 316 g/mol. The summed E-state index contributed by atoms with van der Waals surface area (Å²) in [5, 5.41) is 31.4. The Morgan fingerprint density at radius 3 is 2.81 bits per heavy atom. The Hall–Kier alpha value is -1.33. The second-order valence-corrected chi connectivity index (χ2v) is 6.20. The Morgan fingerprint density at radius 2 is 2.19 bits per heavy atom. The van der Waals surface area contributed by atoms with E-state index in [4.69, 9.17) is 15.6 Å². The number of fused-ring (bicyclic) bond motifs is 1. The van der Waals surface area contributed by atoms with Crippen LogP contribution in [-0.2, 0) is 9.53 Å². The average Bonchev–Trinajstić information content (AvgIpc) is 2.89. The molecule has 3 aliphatic rings. The standard InChI is InChI=1S/C11H16N4O5S/c1-3-15(10-6(18)5(17)4(2-16)20-10)8-7(21-3)9(19)14-11(12)13-8/h4-8,10,16-18H,1-2H2,(H3,12,13,14,19)/t4-,5+,6-,7?,8?,10?/m1/s1. The van der Waals surface area contributed by atoms with E-state index in [0.717, 1.165) is 0 Å². The number of nitrogens with zero attached hydrogens (tertiary/aromatic N) is 2. The van der Waals surface area contributed by atoms with Crippen LogP contribution in [0.2, 0.25) is 0 Å². The van der Waals surface area contributed by atoms with Crippen molar-refractivity contribution in [1.29, 1.82) is 0 Å². The molecule has 0 aromatic carbocycles. The van der Waals surface area contributed by atoms with E-state index in [1.54, 1.807) is 0 Å². The van der Waals surface area contributed by atoms with E-state index < -0.39 is 42.6 Å². The zero-order valence-corrected chi connectivity index (χ0v) is 11.7. The first-order valence-electron chi connectivity index (χ1n) is 6.34. The van der Waals surface area contributed by atoms with Gasteiger partial charge in [0.25, 0.3) is 0 Å². The number of aliphatic imine (C=N–C) groups is 1. The highest BCUT2D eigenvalue weighted by Crippen LogP contribution is 2.43. The molecule has 0 aliphatic carbocycles. The maximum atomic E-state index is 11.9. The third kappa shape index (κ3) is 2.19. The van der Waals surface area contributed by atoms with E-state index in [-0.39, 0.29) is 11.9 Å². The minimum Gasteiger partial charge on any atom is -0.394 e. The van der Waals surface area contributed by atoms with Crippen molar-refractivity contribution in [2.75, 3.05) is 6.61 Å². The number of nitrogens with two attached hydrogens (primary N) is 1. The second-order valence-electron chi connectivity index (χ2n) is 4.99. The quantitative estimate of drug-likeness (QED) is 0.365. The fourth-order valence-corrected chi connectivity index (χ4v) is 3.76. The Labute approximate surface area is 124 Å². The molecule has 21 heavy (non-hydrogen) atoms. The number of aliphatic hydroxyl groups is 3. The van der Waals surface area contributed by atoms with E-state index in [1.165, 1.54) is 16.7 Å². The van der Waals surface area contributed by atoms with E-state index in [2.05, 4.69) is 16.9 Å². The number of carbonyl (C=O) groups excluding carboxylic acids is 1. The molecule has 0 spiro atoms. The van der Waals surface area contributed by atoms with Gasteiger partial charge in [0.15, 0.2) is 12.2 Å². The monoisotopic (exact) mass is 316 g/mol. The number of carbonyl (C=O) groups is 1. The summed E-state index contributed by atoms with van der Waals surface area (Å²) in [5.41, 5.74) is 5.56. The topological polar surface area (TPSA) is 141 Å². The van der Waals surface area contributed by atoms with Crippen LogP contribution in [0.4, 0.5) is 0 Å². The van der Waals surface area contributed by atoms with E-state index in [0.29, 0.717) is 5.03 Å². The van der Waals surface area contributed by atoms with Gasteiger partial charge in [-0.1, -0.05) is 18.3 Å². The Morgan fingerprint density at radius 1 is 1.48 bits per heavy atom. The molecule has 0 radical (unpaired) electrons. The van der Waals surface area contributed by atoms with E-state index >= 15 is 0 Å². The fourth-order valence-electron chi connectivity index (χ4n) is 2.65. The zero-order chi connectivity index (χ0) is 15.3. The van der Waals surface area contributed by atoms with Crippen LogP contribution in [0.15, 0.2) is 16.6 Å². The van der Waals surface area contributed by atoms with Crippen LogP contribution < -0.4 is 11.1 Å². The Bertz CT molecular complexity index is 515. The van der Waals surface area contributed by atoms with E-state index in [9.17, 15) is 15.0 Å². The van der Waals surface area contributed by atoms with Gasteiger partial charge in [0.05, 0.1) is 11.6 Å². The minimum atomic E-state index is -1.25. The number of aliphatic hydroxyl groups excluding tert-OH is 3. The highest BCUT2D eigenvalue weighted by Gasteiger charge is 2.53. The minimum absolute atomic E-state index is 0.0201. The molecule has 10 heteroatoms. The third-order valence-corrected chi connectivity index (χ3v) is 4.87. The van der Waals surface area contributed by atoms with Gasteiger partial charge in [0.2, 0.25) is 5.91 Å². The van der Waals surface area contributed by atoms with Crippen molar-refractivity contribution < 1.29 is 24.9 Å². The van der Waals surface area contributed by atoms with Gasteiger partial charge < -0.3 is 30.7 Å². The molecule has 9 nitrogen and oxygen atoms in total. The Balaban J connectivity index is 1.89. The molecule has 3 heterocycles. The fraction of sp³-hybridized carbons (Fsp3) is 0.636. The van der Waals surface area contributed by atoms with Gasteiger partial charge in [-0.3, -0.25) is 10.1 Å². The van der Waals surface area contributed by atoms with Crippen LogP contribution in [0, 0.1) is 0 Å². The molecule has 3 rings (SSSR count). The number of thioether (sulfide) groups is 1. The molecular weight excluding hydrogens is 300 g/mol. The summed E-state index contributed by atoms with van der Waals surface area (Å²) in [6, 6.07) is 0. The van der Waals surface area contributed by atoms with Crippen molar-refractivity contribution in [1.82, 2.24) is 10.2 Å². The summed E-state index contributed by atoms with van der Waals surface area (Å²) in [6.07, 6.45) is -4.99. The van der Waals surface area contributed by atoms with Crippen molar-refractivity contribution >= 4 is 23.6 Å². The molecular formula is C11H16N4O5S. The van der Waals surface area contributed by atoms with Crippen LogP contribution >= 0.6 is 11.8 Å². The Kier molecular flexibility index (Phi) is 3.58. The molecule has 3 aliphatic heterocycles. The number of guanidine groups is 1. The number of rotatable bonds is 2. The van der Waals surface area contributed by atoms with Crippen molar-refractivity contribution in [2.24, 2.45) is 10.7 Å². The molecule has 1 amide bonds. The summed E-state index contributed by atoms with van der Waals surface area (Å²) in [5.74, 6) is -0.318. The first kappa shape index (κ1) is 14.6. The van der Waals surface area contributed by atoms with Gasteiger partial charge in [-0.05, 0) is 0 Å². The smallest absolute Gasteiger partial charge is 0.244 e. The van der Waals surface area contributed by atoms with Gasteiger partial charge in [0, 0.05) is 0 Å². The van der Waals surface area contributed by atoms with Crippen molar-refractivity contribution in [3.63, 3.8) is 0 Å². The predicted molar refractivity (Wildman–Crippen MR) is 73.7 cm³/mol. The maximum absolute atomic E-state index is 11.9. The molecule has 6 N–H and O–H groups in total. The van der Waals surface area contributed by atoms with Crippen LogP contribution in [0.1, 0.15) is 0 Å². The second kappa shape index (κ2) is 5.14. The van der Waals surface area contributed by atoms with Gasteiger partial charge in [-0.15, -0.1) is 0 Å². The highest BCUT2D eigenvalue weighted by atomic mass is 32.2. The first-order chi connectivity index (χ1) is 9.93. The van der Waals surface area contributed by atoms with Crippen LogP contribution in [0.25, 0.3) is 0 Å². The SMILES string of the molecule is C=C1SC2C(=O)NC(N)=NC2N1C1O[C@H](CO)[C@H](O)[C@H]1O. The lowest BCUT2D eigenvalue weighted by molar-refractivity contribution is -0.123. The number of nitrogens with one attached hydrogen (secondary N) is 1. The summed E-state index contributed by atoms with van der Waals surface area (Å²) >= 11 is 1.19. The summed E-state index contributed by atoms with van der Waals surface area (Å²) in [4.78, 5) is 17.6. The number of hydrogen-bond donors (Lipinski definition) is 5. The van der Waals surface area contributed by atoms with Crippen LogP contribution in [-0.4, -0.2) is 74.6 Å². The number of hydrogen-bond acceptors (Lipinski definition) is 9. The van der Waals surface area contributed by atoms with Crippen LogP contribution in [0.3, 0.4) is 0 Å². The summed E-state index contributed by atoms with van der Waals surface area (Å²) in [6.45, 7) is 3.41. The van der Waals surface area contributed by atoms with Crippen molar-refractivity contribution in [2.45, 2.75) is 36.0 Å². The number of amides is 1. The molecule has 2 saturated heterocycles. The lowest BCUT2D eigenvalue weighted by atomic mass is 10.1. The lowest BCUT2D eigenvalue weighted by Gasteiger charge is -2.33. The summed E-state index contributed by atoms with van der Waals surface area (Å²) in [7, 11) is 0. The lowest BCUT2D eigenvalue weighted by Crippen LogP contribution is -2.55. The molecule has 116 valence electrons. The van der Waals surface area contributed by atoms with Crippen LogP contribution in [0.5, 0.6) is 0 Å². The summed E-state index contributed by atoms with van der Waals surface area (Å²) < 4.78 is 5.47.